The lowest BCUT2D eigenvalue weighted by Crippen LogP contribution is -2.22. The number of halogens is 1. The summed E-state index contributed by atoms with van der Waals surface area (Å²) in [5, 5.41) is 7.03. The summed E-state index contributed by atoms with van der Waals surface area (Å²) >= 11 is 0. The molecule has 1 amide bonds. The number of hydrogen-bond donors (Lipinski definition) is 1. The van der Waals surface area contributed by atoms with Crippen LogP contribution < -0.4 is 10.7 Å². The van der Waals surface area contributed by atoms with Gasteiger partial charge in [-0.1, -0.05) is 35.0 Å². The molecule has 5 rings (SSSR count). The molecule has 1 N–H and O–H groups in total. The van der Waals surface area contributed by atoms with Gasteiger partial charge >= 0.3 is 0 Å². The number of nitrogens with one attached hydrogen (secondary N) is 1. The Morgan fingerprint density at radius 2 is 1.89 bits per heavy atom. The Morgan fingerprint density at radius 1 is 1.06 bits per heavy atom. The van der Waals surface area contributed by atoms with Gasteiger partial charge in [-0.2, -0.15) is 4.98 Å². The first-order valence-electron chi connectivity index (χ1n) is 11.3. The van der Waals surface area contributed by atoms with Crippen molar-refractivity contribution in [2.24, 2.45) is 0 Å². The minimum Gasteiger partial charge on any atom is -0.333 e. The third-order valence-corrected chi connectivity index (χ3v) is 5.76. The zero-order valence-electron chi connectivity index (χ0n) is 19.9. The molecule has 5 aromatic rings. The number of fused-ring (bicyclic) bond motifs is 1. The molecule has 0 saturated carbocycles. The molecule has 0 unspecified atom stereocenters. The van der Waals surface area contributed by atoms with Crippen LogP contribution in [0.25, 0.3) is 33.9 Å². The Labute approximate surface area is 205 Å². The van der Waals surface area contributed by atoms with Crippen molar-refractivity contribution in [1.82, 2.24) is 19.7 Å². The number of hydrogen-bond acceptors (Lipinski definition) is 6. The van der Waals surface area contributed by atoms with Gasteiger partial charge in [-0.15, -0.1) is 0 Å². The summed E-state index contributed by atoms with van der Waals surface area (Å²) in [6, 6.07) is 15.5. The summed E-state index contributed by atoms with van der Waals surface area (Å²) in [5.41, 5.74) is 3.44. The number of aromatic nitrogens is 4. The molecule has 0 aliphatic heterocycles. The van der Waals surface area contributed by atoms with Gasteiger partial charge in [0, 0.05) is 23.1 Å². The van der Waals surface area contributed by atoms with Crippen molar-refractivity contribution in [3.05, 3.63) is 93.7 Å². The van der Waals surface area contributed by atoms with Crippen molar-refractivity contribution >= 4 is 22.6 Å². The van der Waals surface area contributed by atoms with Crippen LogP contribution in [0.3, 0.4) is 0 Å². The van der Waals surface area contributed by atoms with Crippen LogP contribution in [0.15, 0.2) is 70.1 Å². The fourth-order valence-electron chi connectivity index (χ4n) is 3.89. The van der Waals surface area contributed by atoms with Crippen LogP contribution in [-0.2, 0) is 11.3 Å². The summed E-state index contributed by atoms with van der Waals surface area (Å²) in [4.78, 5) is 35.1. The maximum Gasteiger partial charge on any atom is 0.263 e. The largest absolute Gasteiger partial charge is 0.333 e. The van der Waals surface area contributed by atoms with E-state index in [-0.39, 0.29) is 23.4 Å². The number of benzene rings is 2. The molecular weight excluding hydrogens is 461 g/mol. The quantitative estimate of drug-likeness (QED) is 0.385. The fourth-order valence-corrected chi connectivity index (χ4v) is 3.89. The third kappa shape index (κ3) is 4.50. The molecule has 0 saturated heterocycles. The van der Waals surface area contributed by atoms with E-state index in [9.17, 15) is 14.0 Å². The normalized spacial score (nSPS) is 11.1. The van der Waals surface area contributed by atoms with E-state index < -0.39 is 11.7 Å². The van der Waals surface area contributed by atoms with E-state index in [1.165, 1.54) is 12.3 Å². The standard InChI is InChI=1S/C27H22FN5O3/c1-15-5-4-6-18(11-15)25-31-27(36-32-25)21-13-33(26-20(24(21)35)10-8-17(3)29-26)14-23(34)30-19-9-7-16(2)22(28)12-19/h4-13H,14H2,1-3H3,(H,30,34). The molecule has 36 heavy (non-hydrogen) atoms. The average molecular weight is 484 g/mol. The number of aryl methyl sites for hydroxylation is 3. The molecule has 0 aliphatic rings. The highest BCUT2D eigenvalue weighted by molar-refractivity contribution is 5.92. The molecule has 0 aliphatic carbocycles. The van der Waals surface area contributed by atoms with Crippen LogP contribution in [-0.4, -0.2) is 25.6 Å². The second kappa shape index (κ2) is 9.18. The minimum atomic E-state index is -0.415. The second-order valence-corrected chi connectivity index (χ2v) is 8.63. The topological polar surface area (TPSA) is 103 Å². The molecule has 2 aromatic carbocycles. The summed E-state index contributed by atoms with van der Waals surface area (Å²) < 4.78 is 20.9. The van der Waals surface area contributed by atoms with Gasteiger partial charge in [-0.3, -0.25) is 9.59 Å². The minimum absolute atomic E-state index is 0.0359. The van der Waals surface area contributed by atoms with Crippen LogP contribution >= 0.6 is 0 Å². The Hall–Kier alpha value is -4.66. The second-order valence-electron chi connectivity index (χ2n) is 8.63. The molecule has 3 aromatic heterocycles. The maximum absolute atomic E-state index is 13.9. The summed E-state index contributed by atoms with van der Waals surface area (Å²) in [6.07, 6.45) is 1.49. The van der Waals surface area contributed by atoms with Crippen molar-refractivity contribution in [3.8, 4) is 22.8 Å². The summed E-state index contributed by atoms with van der Waals surface area (Å²) in [7, 11) is 0. The molecule has 180 valence electrons. The van der Waals surface area contributed by atoms with Crippen molar-refractivity contribution in [2.45, 2.75) is 27.3 Å². The molecule has 9 heteroatoms. The van der Waals surface area contributed by atoms with Crippen molar-refractivity contribution in [1.29, 1.82) is 0 Å². The third-order valence-electron chi connectivity index (χ3n) is 5.76. The fraction of sp³-hybridized carbons (Fsp3) is 0.148. The summed E-state index contributed by atoms with van der Waals surface area (Å²) in [6.45, 7) is 5.22. The molecule has 0 radical (unpaired) electrons. The Balaban J connectivity index is 1.54. The van der Waals surface area contributed by atoms with Crippen molar-refractivity contribution in [3.63, 3.8) is 0 Å². The van der Waals surface area contributed by atoms with Crippen LogP contribution in [0.2, 0.25) is 0 Å². The number of carbonyl (C=O) groups is 1. The number of nitrogens with zero attached hydrogens (tertiary/aromatic N) is 4. The van der Waals surface area contributed by atoms with Crippen LogP contribution in [0.1, 0.15) is 16.8 Å². The van der Waals surface area contributed by atoms with Crippen molar-refractivity contribution < 1.29 is 13.7 Å². The number of anilines is 1. The molecule has 0 bridgehead atoms. The van der Waals surface area contributed by atoms with E-state index >= 15 is 0 Å². The number of pyridine rings is 2. The average Bonchev–Trinajstić information content (AvgIpc) is 3.33. The molecule has 0 spiro atoms. The lowest BCUT2D eigenvalue weighted by molar-refractivity contribution is -0.116. The zero-order valence-corrected chi connectivity index (χ0v) is 19.9. The van der Waals surface area contributed by atoms with Gasteiger partial charge in [0.05, 0.1) is 5.39 Å². The first-order chi connectivity index (χ1) is 17.3. The van der Waals surface area contributed by atoms with Gasteiger partial charge < -0.3 is 14.4 Å². The lowest BCUT2D eigenvalue weighted by Gasteiger charge is -2.13. The number of rotatable bonds is 5. The van der Waals surface area contributed by atoms with E-state index in [4.69, 9.17) is 4.52 Å². The van der Waals surface area contributed by atoms with Gasteiger partial charge in [-0.25, -0.2) is 9.37 Å². The zero-order chi connectivity index (χ0) is 25.4. The maximum atomic E-state index is 13.9. The predicted molar refractivity (Wildman–Crippen MR) is 134 cm³/mol. The Kier molecular flexibility index (Phi) is 5.89. The summed E-state index contributed by atoms with van der Waals surface area (Å²) in [5.74, 6) is -0.444. The number of amides is 1. The van der Waals surface area contributed by atoms with Gasteiger partial charge in [0.1, 0.15) is 23.6 Å². The highest BCUT2D eigenvalue weighted by Gasteiger charge is 2.19. The van der Waals surface area contributed by atoms with Crippen LogP contribution in [0.5, 0.6) is 0 Å². The van der Waals surface area contributed by atoms with E-state index in [0.29, 0.717) is 33.8 Å². The predicted octanol–water partition coefficient (Wildman–Crippen LogP) is 4.82. The monoisotopic (exact) mass is 483 g/mol. The van der Waals surface area contributed by atoms with E-state index in [0.717, 1.165) is 11.1 Å². The molecule has 8 nitrogen and oxygen atoms in total. The van der Waals surface area contributed by atoms with E-state index in [1.54, 1.807) is 42.7 Å². The molecule has 0 atom stereocenters. The Bertz CT molecular complexity index is 1690. The lowest BCUT2D eigenvalue weighted by atomic mass is 10.1. The highest BCUT2D eigenvalue weighted by atomic mass is 19.1. The first kappa shape index (κ1) is 23.1. The van der Waals surface area contributed by atoms with Crippen molar-refractivity contribution in [2.75, 3.05) is 5.32 Å². The molecule has 3 heterocycles. The van der Waals surface area contributed by atoms with Crippen LogP contribution in [0, 0.1) is 26.6 Å². The molecular formula is C27H22FN5O3. The smallest absolute Gasteiger partial charge is 0.263 e. The van der Waals surface area contributed by atoms with E-state index in [2.05, 4.69) is 20.4 Å². The number of carbonyl (C=O) groups excluding carboxylic acids is 1. The van der Waals surface area contributed by atoms with Gasteiger partial charge in [0.15, 0.2) is 0 Å². The first-order valence-corrected chi connectivity index (χ1v) is 11.3. The SMILES string of the molecule is Cc1cccc(-c2noc(-c3cn(CC(=O)Nc4ccc(C)c(F)c4)c4nc(C)ccc4c3=O)n2)c1. The highest BCUT2D eigenvalue weighted by Crippen LogP contribution is 2.23. The van der Waals surface area contributed by atoms with Crippen LogP contribution in [0.4, 0.5) is 10.1 Å². The van der Waals surface area contributed by atoms with Gasteiger partial charge in [-0.05, 0) is 56.7 Å². The van der Waals surface area contributed by atoms with Gasteiger partial charge in [0.2, 0.25) is 17.2 Å². The Morgan fingerprint density at radius 3 is 2.67 bits per heavy atom. The van der Waals surface area contributed by atoms with E-state index in [1.807, 2.05) is 31.2 Å². The molecule has 0 fully saturated rings. The van der Waals surface area contributed by atoms with Gasteiger partial charge in [0.25, 0.3) is 5.89 Å².